The Morgan fingerprint density at radius 2 is 1.94 bits per heavy atom. The van der Waals surface area contributed by atoms with Gasteiger partial charge in [0, 0.05) is 17.1 Å². The van der Waals surface area contributed by atoms with Gasteiger partial charge >= 0.3 is 0 Å². The van der Waals surface area contributed by atoms with E-state index in [1.54, 1.807) is 29.1 Å². The molecule has 0 amide bonds. The van der Waals surface area contributed by atoms with E-state index >= 15 is 0 Å². The van der Waals surface area contributed by atoms with E-state index in [9.17, 15) is 17.9 Å². The summed E-state index contributed by atoms with van der Waals surface area (Å²) in [6.45, 7) is 0.177. The van der Waals surface area contributed by atoms with Crippen LogP contribution in [0.4, 0.5) is 4.39 Å². The molecule has 2 N–H and O–H groups in total. The van der Waals surface area contributed by atoms with Gasteiger partial charge in [0.1, 0.15) is 11.5 Å². The zero-order valence-corrected chi connectivity index (χ0v) is 19.2. The summed E-state index contributed by atoms with van der Waals surface area (Å²) in [5.74, 6) is -0.363. The van der Waals surface area contributed by atoms with Crippen LogP contribution < -0.4 is 4.72 Å². The van der Waals surface area contributed by atoms with Crippen molar-refractivity contribution in [3.63, 3.8) is 0 Å². The number of hydrogen-bond donors (Lipinski definition) is 2. The number of nitrogens with zero attached hydrogens (tertiary/aromatic N) is 3. The number of rotatable bonds is 8. The van der Waals surface area contributed by atoms with Crippen LogP contribution in [0.2, 0.25) is 5.02 Å². The van der Waals surface area contributed by atoms with Crippen LogP contribution in [-0.2, 0) is 21.3 Å². The summed E-state index contributed by atoms with van der Waals surface area (Å²) in [6, 6.07) is 11.7. The molecule has 0 radical (unpaired) electrons. The lowest BCUT2D eigenvalue weighted by molar-refractivity contribution is -0.0891. The summed E-state index contributed by atoms with van der Waals surface area (Å²) in [5.41, 5.74) is 0.830. The van der Waals surface area contributed by atoms with Crippen molar-refractivity contribution in [3.8, 4) is 11.3 Å². The van der Waals surface area contributed by atoms with Crippen LogP contribution in [0.3, 0.4) is 0 Å². The van der Waals surface area contributed by atoms with Crippen LogP contribution in [0.25, 0.3) is 11.3 Å². The van der Waals surface area contributed by atoms with Crippen LogP contribution >= 0.6 is 11.6 Å². The fraction of sp³-hybridized carbons (Fsp3) is 0.364. The number of aliphatic hydroxyl groups is 1. The van der Waals surface area contributed by atoms with E-state index in [0.29, 0.717) is 42.1 Å². The molecule has 1 aliphatic heterocycles. The van der Waals surface area contributed by atoms with Crippen LogP contribution in [0, 0.1) is 5.82 Å². The molecule has 1 saturated heterocycles. The Hall–Kier alpha value is -2.37. The Labute approximate surface area is 196 Å². The Kier molecular flexibility index (Phi) is 7.40. The SMILES string of the molecule is O=S(=O)(N[C@@H]1CC[C@H](CCn2cc(-c3ccccc3F)nn2)O[C@@H]1CO)c1ccc(Cl)cc1. The molecular formula is C22H24ClFN4O4S. The topological polar surface area (TPSA) is 106 Å². The number of hydrogen-bond acceptors (Lipinski definition) is 6. The van der Waals surface area contributed by atoms with Gasteiger partial charge in [-0.1, -0.05) is 28.9 Å². The molecule has 33 heavy (non-hydrogen) atoms. The van der Waals surface area contributed by atoms with Crippen molar-refractivity contribution < 1.29 is 22.7 Å². The number of benzene rings is 2. The molecule has 3 atom stereocenters. The second kappa shape index (κ2) is 10.3. The van der Waals surface area contributed by atoms with Gasteiger partial charge in [0.05, 0.1) is 35.9 Å². The van der Waals surface area contributed by atoms with Crippen molar-refractivity contribution in [2.24, 2.45) is 0 Å². The van der Waals surface area contributed by atoms with E-state index in [1.165, 1.54) is 30.3 Å². The second-order valence-electron chi connectivity index (χ2n) is 7.87. The molecule has 2 aromatic carbocycles. The average Bonchev–Trinajstić information content (AvgIpc) is 3.27. The summed E-state index contributed by atoms with van der Waals surface area (Å²) < 4.78 is 49.5. The lowest BCUT2D eigenvalue weighted by Gasteiger charge is -2.36. The summed E-state index contributed by atoms with van der Waals surface area (Å²) >= 11 is 5.83. The van der Waals surface area contributed by atoms with E-state index in [1.807, 2.05) is 0 Å². The molecule has 0 bridgehead atoms. The van der Waals surface area contributed by atoms with Crippen molar-refractivity contribution in [3.05, 3.63) is 65.6 Å². The zero-order valence-electron chi connectivity index (χ0n) is 17.6. The van der Waals surface area contributed by atoms with Crippen LogP contribution in [-0.4, -0.2) is 53.4 Å². The first-order chi connectivity index (χ1) is 15.9. The third-order valence-electron chi connectivity index (χ3n) is 5.59. The molecule has 1 aromatic heterocycles. The first-order valence-electron chi connectivity index (χ1n) is 10.5. The van der Waals surface area contributed by atoms with Gasteiger partial charge in [0.25, 0.3) is 0 Å². The number of ether oxygens (including phenoxy) is 1. The smallest absolute Gasteiger partial charge is 0.240 e. The number of aryl methyl sites for hydroxylation is 1. The fourth-order valence-corrected chi connectivity index (χ4v) is 5.26. The molecule has 0 unspecified atom stereocenters. The van der Waals surface area contributed by atoms with Crippen LogP contribution in [0.5, 0.6) is 0 Å². The van der Waals surface area contributed by atoms with Crippen molar-refractivity contribution in [2.75, 3.05) is 6.61 Å². The fourth-order valence-electron chi connectivity index (χ4n) is 3.84. The number of sulfonamides is 1. The van der Waals surface area contributed by atoms with Gasteiger partial charge in [-0.05, 0) is 55.7 Å². The van der Waals surface area contributed by atoms with Crippen LogP contribution in [0.15, 0.2) is 59.6 Å². The zero-order chi connectivity index (χ0) is 23.4. The quantitative estimate of drug-likeness (QED) is 0.498. The highest BCUT2D eigenvalue weighted by Gasteiger charge is 2.34. The van der Waals surface area contributed by atoms with Crippen molar-refractivity contribution in [1.29, 1.82) is 0 Å². The predicted octanol–water partition coefficient (Wildman–Crippen LogP) is 3.01. The van der Waals surface area contributed by atoms with E-state index in [-0.39, 0.29) is 23.4 Å². The number of halogens is 2. The Bertz CT molecular complexity index is 1190. The van der Waals surface area contributed by atoms with E-state index in [4.69, 9.17) is 16.3 Å². The largest absolute Gasteiger partial charge is 0.394 e. The Balaban J connectivity index is 1.34. The lowest BCUT2D eigenvalue weighted by Crippen LogP contribution is -2.50. The normalized spacial score (nSPS) is 21.2. The number of aromatic nitrogens is 3. The predicted molar refractivity (Wildman–Crippen MR) is 121 cm³/mol. The van der Waals surface area contributed by atoms with Gasteiger partial charge < -0.3 is 9.84 Å². The maximum Gasteiger partial charge on any atom is 0.240 e. The van der Waals surface area contributed by atoms with Gasteiger partial charge in [0.15, 0.2) is 0 Å². The van der Waals surface area contributed by atoms with Crippen molar-refractivity contribution >= 4 is 21.6 Å². The highest BCUT2D eigenvalue weighted by molar-refractivity contribution is 7.89. The summed E-state index contributed by atoms with van der Waals surface area (Å²) in [5, 5.41) is 18.3. The van der Waals surface area contributed by atoms with Gasteiger partial charge in [-0.3, -0.25) is 4.68 Å². The molecule has 3 aromatic rings. The third kappa shape index (κ3) is 5.77. The standard InChI is InChI=1S/C22H24ClFN4O4S/c23-15-5-8-17(9-6-15)33(30,31)26-20-10-7-16(32-22(20)14-29)11-12-28-13-21(25-27-28)18-3-1-2-4-19(18)24/h1-6,8-9,13,16,20,22,26,29H,7,10-12,14H2/t16-,20-,22-/m1/s1. The van der Waals surface area contributed by atoms with Crippen LogP contribution in [0.1, 0.15) is 19.3 Å². The molecule has 0 spiro atoms. The van der Waals surface area contributed by atoms with Gasteiger partial charge in [-0.2, -0.15) is 0 Å². The minimum atomic E-state index is -3.77. The summed E-state index contributed by atoms with van der Waals surface area (Å²) in [7, 11) is -3.77. The molecule has 176 valence electrons. The van der Waals surface area contributed by atoms with E-state index < -0.39 is 22.2 Å². The monoisotopic (exact) mass is 494 g/mol. The van der Waals surface area contributed by atoms with Gasteiger partial charge in [0.2, 0.25) is 10.0 Å². The molecule has 1 fully saturated rings. The van der Waals surface area contributed by atoms with E-state index in [0.717, 1.165) is 0 Å². The first-order valence-corrected chi connectivity index (χ1v) is 12.4. The first kappa shape index (κ1) is 23.8. The minimum absolute atomic E-state index is 0.0996. The van der Waals surface area contributed by atoms with Gasteiger partial charge in [-0.25, -0.2) is 17.5 Å². The average molecular weight is 495 g/mol. The highest BCUT2D eigenvalue weighted by atomic mass is 35.5. The number of aliphatic hydroxyl groups excluding tert-OH is 1. The van der Waals surface area contributed by atoms with Crippen molar-refractivity contribution in [1.82, 2.24) is 19.7 Å². The molecule has 11 heteroatoms. The molecule has 4 rings (SSSR count). The Morgan fingerprint density at radius 1 is 1.18 bits per heavy atom. The summed E-state index contributed by atoms with van der Waals surface area (Å²) in [4.78, 5) is 0.0996. The van der Waals surface area contributed by atoms with Gasteiger partial charge in [-0.15, -0.1) is 5.10 Å². The maximum atomic E-state index is 13.9. The third-order valence-corrected chi connectivity index (χ3v) is 7.35. The molecule has 8 nitrogen and oxygen atoms in total. The lowest BCUT2D eigenvalue weighted by atomic mass is 9.98. The number of nitrogens with one attached hydrogen (secondary N) is 1. The van der Waals surface area contributed by atoms with Crippen molar-refractivity contribution in [2.45, 2.75) is 49.0 Å². The molecule has 2 heterocycles. The maximum absolute atomic E-state index is 13.9. The Morgan fingerprint density at radius 3 is 2.67 bits per heavy atom. The molecular weight excluding hydrogens is 471 g/mol. The molecule has 0 saturated carbocycles. The van der Waals surface area contributed by atoms with E-state index in [2.05, 4.69) is 15.0 Å². The minimum Gasteiger partial charge on any atom is -0.394 e. The molecule has 0 aliphatic carbocycles. The molecule has 1 aliphatic rings. The second-order valence-corrected chi connectivity index (χ2v) is 10.0. The highest BCUT2D eigenvalue weighted by Crippen LogP contribution is 2.25. The summed E-state index contributed by atoms with van der Waals surface area (Å²) in [6.07, 6.45) is 2.54.